The third-order valence-corrected chi connectivity index (χ3v) is 6.33. The minimum Gasteiger partial charge on any atom is -0.478 e. The van der Waals surface area contributed by atoms with E-state index in [0.29, 0.717) is 21.4 Å². The maximum absolute atomic E-state index is 14.2. The maximum atomic E-state index is 14.2. The second-order valence-corrected chi connectivity index (χ2v) is 8.42. The molecule has 2 fully saturated rings. The summed E-state index contributed by atoms with van der Waals surface area (Å²) in [4.78, 5) is 20.2. The van der Waals surface area contributed by atoms with E-state index in [1.54, 1.807) is 35.2 Å². The predicted octanol–water partition coefficient (Wildman–Crippen LogP) is 5.66. The lowest BCUT2D eigenvalue weighted by atomic mass is 9.94. The molecule has 7 heteroatoms. The van der Waals surface area contributed by atoms with Crippen molar-refractivity contribution in [3.8, 4) is 11.8 Å². The van der Waals surface area contributed by atoms with Crippen molar-refractivity contribution in [2.24, 2.45) is 4.99 Å². The predicted molar refractivity (Wildman–Crippen MR) is 120 cm³/mol. The summed E-state index contributed by atoms with van der Waals surface area (Å²) in [6, 6.07) is 15.6. The van der Waals surface area contributed by atoms with Gasteiger partial charge in [-0.3, -0.25) is 9.69 Å². The Morgan fingerprint density at radius 2 is 1.90 bits per heavy atom. The summed E-state index contributed by atoms with van der Waals surface area (Å²) in [6.07, 6.45) is 6.89. The molecule has 0 unspecified atom stereocenters. The van der Waals surface area contributed by atoms with Crippen LogP contribution < -0.4 is 4.74 Å². The van der Waals surface area contributed by atoms with Crippen molar-refractivity contribution in [2.45, 2.75) is 38.1 Å². The van der Waals surface area contributed by atoms with Crippen LogP contribution in [0.15, 0.2) is 58.4 Å². The fourth-order valence-electron chi connectivity index (χ4n) is 3.85. The Balaban J connectivity index is 1.71. The molecule has 158 valence electrons. The molecule has 2 aromatic rings. The topological polar surface area (TPSA) is 65.7 Å². The Labute approximate surface area is 185 Å². The Bertz CT molecular complexity index is 1070. The van der Waals surface area contributed by atoms with Crippen LogP contribution in [0.2, 0.25) is 0 Å². The van der Waals surface area contributed by atoms with Gasteiger partial charge in [-0.05, 0) is 48.9 Å². The van der Waals surface area contributed by atoms with Crippen LogP contribution >= 0.6 is 11.8 Å². The summed E-state index contributed by atoms with van der Waals surface area (Å²) in [5.74, 6) is -0.00458. The molecule has 5 nitrogen and oxygen atoms in total. The number of para-hydroxylation sites is 2. The maximum Gasteiger partial charge on any atom is 0.267 e. The Morgan fingerprint density at radius 1 is 1.16 bits per heavy atom. The molecule has 2 aliphatic rings. The lowest BCUT2D eigenvalue weighted by Crippen LogP contribution is -2.40. The van der Waals surface area contributed by atoms with Gasteiger partial charge >= 0.3 is 0 Å². The monoisotopic (exact) mass is 435 g/mol. The van der Waals surface area contributed by atoms with Crippen molar-refractivity contribution in [3.63, 3.8) is 0 Å². The minimum absolute atomic E-state index is 0.0651. The first kappa shape index (κ1) is 21.1. The largest absolute Gasteiger partial charge is 0.478 e. The van der Waals surface area contributed by atoms with Crippen LogP contribution in [0.3, 0.4) is 0 Å². The van der Waals surface area contributed by atoms with Gasteiger partial charge in [-0.25, -0.2) is 9.38 Å². The van der Waals surface area contributed by atoms with Gasteiger partial charge in [-0.1, -0.05) is 49.6 Å². The normalized spacial score (nSPS) is 19.7. The van der Waals surface area contributed by atoms with Gasteiger partial charge in [0.25, 0.3) is 5.91 Å². The molecule has 1 saturated heterocycles. The highest BCUT2D eigenvalue weighted by Gasteiger charge is 2.38. The van der Waals surface area contributed by atoms with E-state index in [1.807, 2.05) is 24.3 Å². The smallest absolute Gasteiger partial charge is 0.267 e. The summed E-state index contributed by atoms with van der Waals surface area (Å²) in [6.45, 7) is -0.0739. The number of amidine groups is 1. The van der Waals surface area contributed by atoms with E-state index in [1.165, 1.54) is 17.8 Å². The number of nitriles is 1. The Kier molecular flexibility index (Phi) is 6.68. The van der Waals surface area contributed by atoms with E-state index in [4.69, 9.17) is 10.00 Å². The summed E-state index contributed by atoms with van der Waals surface area (Å²) in [5.41, 5.74) is 0.932. The number of carbonyl (C=O) groups is 1. The quantitative estimate of drug-likeness (QED) is 0.568. The summed E-state index contributed by atoms with van der Waals surface area (Å²) in [5, 5.41) is 9.32. The van der Waals surface area contributed by atoms with E-state index < -0.39 is 5.82 Å². The van der Waals surface area contributed by atoms with Crippen LogP contribution in [0.5, 0.6) is 5.75 Å². The molecule has 2 aromatic carbocycles. The zero-order valence-corrected chi connectivity index (χ0v) is 17.8. The van der Waals surface area contributed by atoms with Crippen LogP contribution in [-0.4, -0.2) is 28.6 Å². The molecule has 1 saturated carbocycles. The highest BCUT2D eigenvalue weighted by Crippen LogP contribution is 2.39. The molecule has 0 aromatic heterocycles. The number of amides is 1. The second-order valence-electron chi connectivity index (χ2n) is 7.41. The molecule has 0 spiro atoms. The lowest BCUT2D eigenvalue weighted by Gasteiger charge is -2.30. The van der Waals surface area contributed by atoms with E-state index in [-0.39, 0.29) is 24.2 Å². The molecule has 1 amide bonds. The van der Waals surface area contributed by atoms with Crippen LogP contribution in [0.4, 0.5) is 10.1 Å². The molecule has 4 rings (SSSR count). The number of hydrogen-bond acceptors (Lipinski definition) is 5. The summed E-state index contributed by atoms with van der Waals surface area (Å²) >= 11 is 1.25. The van der Waals surface area contributed by atoms with Gasteiger partial charge in [-0.15, -0.1) is 0 Å². The van der Waals surface area contributed by atoms with Crippen molar-refractivity contribution in [1.29, 1.82) is 5.26 Å². The standard InChI is InChI=1S/C24H22FN3O2S/c25-19-11-5-6-12-20(19)27-24-28(18-9-2-1-3-10-18)23(29)22(31-24)16-17-8-4-7-13-21(17)30-15-14-26/h4-8,11-13,16,18H,1-3,9-10,15H2/b22-16-,27-24?. The number of rotatable bonds is 5. The fraction of sp³-hybridized carbons (Fsp3) is 0.292. The first-order valence-corrected chi connectivity index (χ1v) is 11.1. The van der Waals surface area contributed by atoms with Crippen LogP contribution in [0.25, 0.3) is 6.08 Å². The van der Waals surface area contributed by atoms with Crippen LogP contribution in [-0.2, 0) is 4.79 Å². The molecule has 0 atom stereocenters. The minimum atomic E-state index is -0.417. The third kappa shape index (κ3) is 4.80. The molecule has 0 N–H and O–H groups in total. The average Bonchev–Trinajstić information content (AvgIpc) is 3.10. The van der Waals surface area contributed by atoms with Crippen LogP contribution in [0, 0.1) is 17.1 Å². The SMILES string of the molecule is N#CCOc1ccccc1/C=C1\SC(=Nc2ccccc2F)N(C2CCCCC2)C1=O. The first-order valence-electron chi connectivity index (χ1n) is 10.3. The zero-order valence-electron chi connectivity index (χ0n) is 17.0. The highest BCUT2D eigenvalue weighted by atomic mass is 32.2. The van der Waals surface area contributed by atoms with Crippen molar-refractivity contribution in [2.75, 3.05) is 6.61 Å². The number of halogens is 1. The van der Waals surface area contributed by atoms with Gasteiger partial charge < -0.3 is 4.74 Å². The molecule has 0 bridgehead atoms. The Hall–Kier alpha value is -3.11. The second kappa shape index (κ2) is 9.80. The van der Waals surface area contributed by atoms with Crippen molar-refractivity contribution in [1.82, 2.24) is 4.90 Å². The Morgan fingerprint density at radius 3 is 2.68 bits per heavy atom. The van der Waals surface area contributed by atoms with E-state index in [0.717, 1.165) is 32.1 Å². The van der Waals surface area contributed by atoms with Gasteiger partial charge in [-0.2, -0.15) is 5.26 Å². The van der Waals surface area contributed by atoms with Crippen molar-refractivity contribution >= 4 is 34.6 Å². The number of aliphatic imine (C=N–C) groups is 1. The van der Waals surface area contributed by atoms with E-state index in [2.05, 4.69) is 4.99 Å². The molecule has 0 radical (unpaired) electrons. The van der Waals surface area contributed by atoms with Crippen LogP contribution in [0.1, 0.15) is 37.7 Å². The van der Waals surface area contributed by atoms with Gasteiger partial charge in [0.2, 0.25) is 0 Å². The fourth-order valence-corrected chi connectivity index (χ4v) is 4.90. The van der Waals surface area contributed by atoms with Gasteiger partial charge in [0.15, 0.2) is 11.8 Å². The average molecular weight is 436 g/mol. The molecule has 1 aliphatic carbocycles. The third-order valence-electron chi connectivity index (χ3n) is 5.34. The van der Waals surface area contributed by atoms with Crippen molar-refractivity contribution in [3.05, 3.63) is 64.8 Å². The molecular formula is C24H22FN3O2S. The number of nitrogens with zero attached hydrogens (tertiary/aromatic N) is 3. The number of benzene rings is 2. The van der Waals surface area contributed by atoms with Gasteiger partial charge in [0.05, 0.1) is 4.91 Å². The number of thioether (sulfide) groups is 1. The lowest BCUT2D eigenvalue weighted by molar-refractivity contribution is -0.124. The van der Waals surface area contributed by atoms with E-state index in [9.17, 15) is 9.18 Å². The summed E-state index contributed by atoms with van der Waals surface area (Å²) in [7, 11) is 0. The van der Waals surface area contributed by atoms with Crippen molar-refractivity contribution < 1.29 is 13.9 Å². The summed E-state index contributed by atoms with van der Waals surface area (Å²) < 4.78 is 19.7. The molecule has 1 heterocycles. The molecule has 1 aliphatic heterocycles. The molecular weight excluding hydrogens is 413 g/mol. The van der Waals surface area contributed by atoms with E-state index >= 15 is 0 Å². The zero-order chi connectivity index (χ0) is 21.6. The molecule has 31 heavy (non-hydrogen) atoms. The number of hydrogen-bond donors (Lipinski definition) is 0. The van der Waals surface area contributed by atoms with Gasteiger partial charge in [0, 0.05) is 11.6 Å². The first-order chi connectivity index (χ1) is 15.2. The number of ether oxygens (including phenoxy) is 1. The number of carbonyl (C=O) groups excluding carboxylic acids is 1. The highest BCUT2D eigenvalue weighted by molar-refractivity contribution is 8.18. The van der Waals surface area contributed by atoms with Gasteiger partial charge in [0.1, 0.15) is 23.3 Å².